The van der Waals surface area contributed by atoms with Gasteiger partial charge in [-0.2, -0.15) is 0 Å². The Labute approximate surface area is 128 Å². The van der Waals surface area contributed by atoms with Gasteiger partial charge in [0.05, 0.1) is 16.9 Å². The lowest BCUT2D eigenvalue weighted by molar-refractivity contribution is 0.00578. The Bertz CT molecular complexity index is 797. The van der Waals surface area contributed by atoms with Crippen LogP contribution in [0, 0.1) is 12.7 Å². The van der Waals surface area contributed by atoms with Gasteiger partial charge in [0, 0.05) is 10.8 Å². The molecule has 2 aromatic rings. The molecule has 1 aliphatic rings. The van der Waals surface area contributed by atoms with Crippen LogP contribution in [0.5, 0.6) is 0 Å². The molecule has 6 heteroatoms. The van der Waals surface area contributed by atoms with Crippen molar-refractivity contribution in [2.24, 2.45) is 0 Å². The van der Waals surface area contributed by atoms with Gasteiger partial charge in [0.25, 0.3) is 5.56 Å². The molecule has 0 saturated carbocycles. The largest absolute Gasteiger partial charge is 0.494 e. The number of hydrogen-bond donors (Lipinski definition) is 1. The zero-order valence-electron chi connectivity index (χ0n) is 13.4. The molecule has 0 radical (unpaired) electrons. The molecule has 1 fully saturated rings. The van der Waals surface area contributed by atoms with Crippen LogP contribution in [-0.4, -0.2) is 23.3 Å². The van der Waals surface area contributed by atoms with Crippen LogP contribution in [0.3, 0.4) is 0 Å². The van der Waals surface area contributed by atoms with Crippen LogP contribution in [0.1, 0.15) is 33.4 Å². The van der Waals surface area contributed by atoms with E-state index in [4.69, 9.17) is 9.31 Å². The maximum atomic E-state index is 14.3. The molecular formula is C16H19BFNO3. The first-order valence-corrected chi connectivity index (χ1v) is 7.30. The quantitative estimate of drug-likeness (QED) is 0.822. The van der Waals surface area contributed by atoms with E-state index in [0.717, 1.165) is 0 Å². The summed E-state index contributed by atoms with van der Waals surface area (Å²) in [5.74, 6) is -0.423. The van der Waals surface area contributed by atoms with Crippen molar-refractivity contribution >= 4 is 23.4 Å². The summed E-state index contributed by atoms with van der Waals surface area (Å²) < 4.78 is 26.2. The highest BCUT2D eigenvalue weighted by Crippen LogP contribution is 2.36. The summed E-state index contributed by atoms with van der Waals surface area (Å²) in [4.78, 5) is 14.4. The number of nitrogens with one attached hydrogen (secondary N) is 1. The highest BCUT2D eigenvalue weighted by atomic mass is 19.1. The predicted octanol–water partition coefficient (Wildman–Crippen LogP) is 2.27. The van der Waals surface area contributed by atoms with Crippen molar-refractivity contribution in [1.82, 2.24) is 4.98 Å². The number of fused-ring (bicyclic) bond motifs is 1. The van der Waals surface area contributed by atoms with Gasteiger partial charge < -0.3 is 14.3 Å². The van der Waals surface area contributed by atoms with E-state index in [2.05, 4.69) is 4.98 Å². The number of H-pyrrole nitrogens is 1. The summed E-state index contributed by atoms with van der Waals surface area (Å²) in [6.45, 7) is 9.39. The lowest BCUT2D eigenvalue weighted by atomic mass is 9.78. The lowest BCUT2D eigenvalue weighted by Gasteiger charge is -2.32. The van der Waals surface area contributed by atoms with Crippen molar-refractivity contribution < 1.29 is 13.7 Å². The molecule has 0 unspecified atom stereocenters. The van der Waals surface area contributed by atoms with Gasteiger partial charge in [0.1, 0.15) is 5.82 Å². The zero-order chi connectivity index (χ0) is 16.3. The Kier molecular flexibility index (Phi) is 3.24. The van der Waals surface area contributed by atoms with E-state index in [1.54, 1.807) is 18.2 Å². The molecule has 22 heavy (non-hydrogen) atoms. The number of benzene rings is 1. The minimum Gasteiger partial charge on any atom is -0.399 e. The fourth-order valence-corrected chi connectivity index (χ4v) is 2.56. The molecule has 1 N–H and O–H groups in total. The number of halogens is 1. The number of rotatable bonds is 1. The SMILES string of the molecule is Cc1[nH]c(=O)c2ccc(B3OC(C)(C)C(C)(C)O3)cc2c1F. The molecule has 0 amide bonds. The highest BCUT2D eigenvalue weighted by molar-refractivity contribution is 6.62. The first-order chi connectivity index (χ1) is 10.1. The Morgan fingerprint density at radius 3 is 2.27 bits per heavy atom. The van der Waals surface area contributed by atoms with Gasteiger partial charge in [-0.15, -0.1) is 0 Å². The average Bonchev–Trinajstić information content (AvgIpc) is 2.64. The first-order valence-electron chi connectivity index (χ1n) is 7.30. The predicted molar refractivity (Wildman–Crippen MR) is 85.0 cm³/mol. The van der Waals surface area contributed by atoms with Crippen LogP contribution in [0.2, 0.25) is 0 Å². The van der Waals surface area contributed by atoms with Crippen LogP contribution in [-0.2, 0) is 9.31 Å². The third-order valence-corrected chi connectivity index (χ3v) is 4.68. The summed E-state index contributed by atoms with van der Waals surface area (Å²) >= 11 is 0. The monoisotopic (exact) mass is 303 g/mol. The van der Waals surface area contributed by atoms with Gasteiger partial charge in [-0.3, -0.25) is 4.79 Å². The topological polar surface area (TPSA) is 51.3 Å². The molecule has 0 bridgehead atoms. The van der Waals surface area contributed by atoms with Crippen molar-refractivity contribution in [3.8, 4) is 0 Å². The molecule has 1 aromatic heterocycles. The summed E-state index contributed by atoms with van der Waals surface area (Å²) in [6, 6.07) is 4.99. The maximum absolute atomic E-state index is 14.3. The molecule has 3 rings (SSSR count). The summed E-state index contributed by atoms with van der Waals surface area (Å²) in [5.41, 5.74) is -0.294. The van der Waals surface area contributed by atoms with Crippen molar-refractivity contribution in [3.05, 3.63) is 40.1 Å². The van der Waals surface area contributed by atoms with Crippen molar-refractivity contribution in [2.75, 3.05) is 0 Å². The maximum Gasteiger partial charge on any atom is 0.494 e. The second-order valence-corrected chi connectivity index (χ2v) is 6.79. The van der Waals surface area contributed by atoms with Crippen molar-refractivity contribution in [2.45, 2.75) is 45.8 Å². The summed E-state index contributed by atoms with van der Waals surface area (Å²) in [6.07, 6.45) is 0. The summed E-state index contributed by atoms with van der Waals surface area (Å²) in [5, 5.41) is 0.608. The Hall–Kier alpha value is -1.66. The first kappa shape index (κ1) is 15.2. The lowest BCUT2D eigenvalue weighted by Crippen LogP contribution is -2.41. The van der Waals surface area contributed by atoms with E-state index in [0.29, 0.717) is 10.8 Å². The normalized spacial score (nSPS) is 19.8. The van der Waals surface area contributed by atoms with Gasteiger partial charge in [-0.25, -0.2) is 4.39 Å². The fourth-order valence-electron chi connectivity index (χ4n) is 2.56. The minimum absolute atomic E-state index is 0.226. The fraction of sp³-hybridized carbons (Fsp3) is 0.438. The molecular weight excluding hydrogens is 284 g/mol. The minimum atomic E-state index is -0.576. The Balaban J connectivity index is 2.11. The van der Waals surface area contributed by atoms with Gasteiger partial charge in [0.15, 0.2) is 0 Å². The summed E-state index contributed by atoms with van der Waals surface area (Å²) in [7, 11) is -0.576. The molecule has 0 atom stereocenters. The van der Waals surface area contributed by atoms with Gasteiger partial charge >= 0.3 is 7.12 Å². The van der Waals surface area contributed by atoms with Gasteiger partial charge in [-0.1, -0.05) is 12.1 Å². The molecule has 0 spiro atoms. The van der Waals surface area contributed by atoms with Crippen LogP contribution in [0.4, 0.5) is 4.39 Å². The molecule has 2 heterocycles. The molecule has 0 aliphatic carbocycles. The molecule has 1 aliphatic heterocycles. The second-order valence-electron chi connectivity index (χ2n) is 6.79. The van der Waals surface area contributed by atoms with E-state index in [1.165, 1.54) is 6.92 Å². The van der Waals surface area contributed by atoms with Crippen molar-refractivity contribution in [3.63, 3.8) is 0 Å². The van der Waals surface area contributed by atoms with Crippen molar-refractivity contribution in [1.29, 1.82) is 0 Å². The molecule has 116 valence electrons. The van der Waals surface area contributed by atoms with Gasteiger partial charge in [-0.05, 0) is 46.1 Å². The standard InChI is InChI=1S/C16H19BFNO3/c1-9-13(18)12-8-10(6-7-11(12)14(20)19-9)17-21-15(2,3)16(4,5)22-17/h6-8H,1-5H3,(H,19,20). The molecule has 4 nitrogen and oxygen atoms in total. The Morgan fingerprint density at radius 1 is 1.09 bits per heavy atom. The smallest absolute Gasteiger partial charge is 0.399 e. The zero-order valence-corrected chi connectivity index (χ0v) is 13.4. The number of pyridine rings is 1. The number of aryl methyl sites for hydroxylation is 1. The molecule has 1 aromatic carbocycles. The van der Waals surface area contributed by atoms with E-state index >= 15 is 0 Å². The molecule has 1 saturated heterocycles. The van der Waals surface area contributed by atoms with E-state index in [9.17, 15) is 9.18 Å². The van der Waals surface area contributed by atoms with Crippen LogP contribution in [0.15, 0.2) is 23.0 Å². The average molecular weight is 303 g/mol. The number of aromatic nitrogens is 1. The van der Waals surface area contributed by atoms with E-state index in [-0.39, 0.29) is 16.6 Å². The van der Waals surface area contributed by atoms with Crippen LogP contribution < -0.4 is 11.0 Å². The van der Waals surface area contributed by atoms with Crippen LogP contribution >= 0.6 is 0 Å². The third kappa shape index (κ3) is 2.18. The number of aromatic amines is 1. The van der Waals surface area contributed by atoms with Crippen LogP contribution in [0.25, 0.3) is 10.8 Å². The van der Waals surface area contributed by atoms with E-state index in [1.807, 2.05) is 27.7 Å². The Morgan fingerprint density at radius 2 is 1.68 bits per heavy atom. The van der Waals surface area contributed by atoms with Gasteiger partial charge in [0.2, 0.25) is 0 Å². The highest BCUT2D eigenvalue weighted by Gasteiger charge is 2.51. The van der Waals surface area contributed by atoms with E-state index < -0.39 is 24.1 Å². The second kappa shape index (κ2) is 4.67. The number of hydrogen-bond acceptors (Lipinski definition) is 3. The third-order valence-electron chi connectivity index (χ3n) is 4.68.